The van der Waals surface area contributed by atoms with Crippen LogP contribution in [0, 0.1) is 6.92 Å². The zero-order valence-corrected chi connectivity index (χ0v) is 10.5. The van der Waals surface area contributed by atoms with Gasteiger partial charge < -0.3 is 10.1 Å². The van der Waals surface area contributed by atoms with Crippen molar-refractivity contribution >= 4 is 11.6 Å². The molecule has 0 aliphatic rings. The van der Waals surface area contributed by atoms with Crippen molar-refractivity contribution in [3.63, 3.8) is 0 Å². The fourth-order valence-electron chi connectivity index (χ4n) is 1.36. The quantitative estimate of drug-likeness (QED) is 0.853. The highest BCUT2D eigenvalue weighted by Crippen LogP contribution is 2.27. The molecular formula is C12H18ClNO. The summed E-state index contributed by atoms with van der Waals surface area (Å²) in [7, 11) is 1.63. The Kier molecular flexibility index (Phi) is 4.43. The number of hydrogen-bond donors (Lipinski definition) is 1. The molecule has 1 N–H and O–H groups in total. The molecule has 15 heavy (non-hydrogen) atoms. The van der Waals surface area contributed by atoms with Crippen molar-refractivity contribution in [1.29, 1.82) is 0 Å². The third kappa shape index (κ3) is 3.40. The summed E-state index contributed by atoms with van der Waals surface area (Å²) in [5.74, 6) is 0.738. The van der Waals surface area contributed by atoms with E-state index in [1.807, 2.05) is 12.1 Å². The smallest absolute Gasteiger partial charge is 0.137 e. The van der Waals surface area contributed by atoms with Crippen molar-refractivity contribution < 1.29 is 4.74 Å². The predicted molar refractivity (Wildman–Crippen MR) is 64.7 cm³/mol. The first-order valence-corrected chi connectivity index (χ1v) is 5.48. The molecule has 0 aliphatic heterocycles. The van der Waals surface area contributed by atoms with Crippen LogP contribution in [-0.4, -0.2) is 13.2 Å². The van der Waals surface area contributed by atoms with E-state index in [0.717, 1.165) is 12.3 Å². The average Bonchev–Trinajstić information content (AvgIpc) is 2.18. The molecule has 0 saturated carbocycles. The first-order valence-electron chi connectivity index (χ1n) is 5.11. The lowest BCUT2D eigenvalue weighted by molar-refractivity contribution is 0.414. The van der Waals surface area contributed by atoms with Gasteiger partial charge in [0.25, 0.3) is 0 Å². The molecule has 0 saturated heterocycles. The van der Waals surface area contributed by atoms with E-state index >= 15 is 0 Å². The molecule has 0 amide bonds. The van der Waals surface area contributed by atoms with Crippen molar-refractivity contribution in [2.24, 2.45) is 0 Å². The van der Waals surface area contributed by atoms with Crippen molar-refractivity contribution in [1.82, 2.24) is 5.32 Å². The molecule has 3 heteroatoms. The first-order chi connectivity index (χ1) is 7.04. The molecule has 0 radical (unpaired) electrons. The van der Waals surface area contributed by atoms with E-state index in [-0.39, 0.29) is 0 Å². The predicted octanol–water partition coefficient (Wildman–Crippen LogP) is 3.16. The van der Waals surface area contributed by atoms with Crippen LogP contribution in [0.25, 0.3) is 0 Å². The van der Waals surface area contributed by atoms with Gasteiger partial charge in [0.05, 0.1) is 12.1 Å². The van der Waals surface area contributed by atoms with Crippen molar-refractivity contribution in [2.45, 2.75) is 33.4 Å². The van der Waals surface area contributed by atoms with Gasteiger partial charge in [0.2, 0.25) is 0 Å². The Balaban J connectivity index is 2.85. The fraction of sp³-hybridized carbons (Fsp3) is 0.500. The maximum absolute atomic E-state index is 6.06. The molecule has 0 unspecified atom stereocenters. The van der Waals surface area contributed by atoms with Crippen LogP contribution >= 0.6 is 11.6 Å². The second kappa shape index (κ2) is 5.38. The number of ether oxygens (including phenoxy) is 1. The Labute approximate surface area is 96.6 Å². The number of nitrogens with one attached hydrogen (secondary N) is 1. The van der Waals surface area contributed by atoms with Gasteiger partial charge in [-0.1, -0.05) is 25.4 Å². The van der Waals surface area contributed by atoms with Crippen LogP contribution in [0.5, 0.6) is 5.75 Å². The average molecular weight is 228 g/mol. The molecule has 1 rings (SSSR count). The summed E-state index contributed by atoms with van der Waals surface area (Å²) in [6.07, 6.45) is 0. The Morgan fingerprint density at radius 2 is 2.07 bits per heavy atom. The summed E-state index contributed by atoms with van der Waals surface area (Å²) in [6, 6.07) is 4.41. The van der Waals surface area contributed by atoms with E-state index in [1.165, 1.54) is 11.1 Å². The van der Waals surface area contributed by atoms with Gasteiger partial charge in [0.15, 0.2) is 0 Å². The van der Waals surface area contributed by atoms with E-state index < -0.39 is 0 Å². The molecule has 0 fully saturated rings. The van der Waals surface area contributed by atoms with Crippen molar-refractivity contribution in [3.05, 3.63) is 28.3 Å². The highest BCUT2D eigenvalue weighted by Gasteiger charge is 2.06. The fourth-order valence-corrected chi connectivity index (χ4v) is 1.62. The number of benzene rings is 1. The van der Waals surface area contributed by atoms with Crippen molar-refractivity contribution in [3.8, 4) is 5.75 Å². The van der Waals surface area contributed by atoms with Gasteiger partial charge in [0.1, 0.15) is 5.75 Å². The van der Waals surface area contributed by atoms with Gasteiger partial charge in [-0.3, -0.25) is 0 Å². The molecule has 0 heterocycles. The normalized spacial score (nSPS) is 10.8. The Morgan fingerprint density at radius 1 is 1.40 bits per heavy atom. The molecular weight excluding hydrogens is 210 g/mol. The van der Waals surface area contributed by atoms with E-state index in [0.29, 0.717) is 11.1 Å². The van der Waals surface area contributed by atoms with Crippen LogP contribution in [0.3, 0.4) is 0 Å². The van der Waals surface area contributed by atoms with Gasteiger partial charge in [0, 0.05) is 12.6 Å². The zero-order valence-electron chi connectivity index (χ0n) is 9.73. The maximum Gasteiger partial charge on any atom is 0.137 e. The molecule has 0 bridgehead atoms. The highest BCUT2D eigenvalue weighted by atomic mass is 35.5. The summed E-state index contributed by atoms with van der Waals surface area (Å²) in [5.41, 5.74) is 2.42. The van der Waals surface area contributed by atoms with Crippen LogP contribution in [0.15, 0.2) is 12.1 Å². The lowest BCUT2D eigenvalue weighted by Crippen LogP contribution is -2.22. The van der Waals surface area contributed by atoms with Crippen molar-refractivity contribution in [2.75, 3.05) is 7.11 Å². The number of hydrogen-bond acceptors (Lipinski definition) is 2. The third-order valence-corrected chi connectivity index (χ3v) is 2.61. The molecule has 0 aromatic heterocycles. The second-order valence-corrected chi connectivity index (χ2v) is 4.36. The molecule has 0 aliphatic carbocycles. The standard InChI is InChI=1S/C12H18ClNO/c1-8(2)14-7-10-6-11(13)12(15-4)5-9(10)3/h5-6,8,14H,7H2,1-4H3. The zero-order chi connectivity index (χ0) is 11.4. The minimum atomic E-state index is 0.477. The maximum atomic E-state index is 6.06. The lowest BCUT2D eigenvalue weighted by atomic mass is 10.1. The van der Waals surface area contributed by atoms with E-state index in [4.69, 9.17) is 16.3 Å². The number of rotatable bonds is 4. The lowest BCUT2D eigenvalue weighted by Gasteiger charge is -2.12. The van der Waals surface area contributed by atoms with Gasteiger partial charge in [-0.2, -0.15) is 0 Å². The number of halogens is 1. The largest absolute Gasteiger partial charge is 0.495 e. The molecule has 0 spiro atoms. The molecule has 84 valence electrons. The number of aryl methyl sites for hydroxylation is 1. The van der Waals surface area contributed by atoms with Gasteiger partial charge >= 0.3 is 0 Å². The third-order valence-electron chi connectivity index (χ3n) is 2.31. The minimum Gasteiger partial charge on any atom is -0.495 e. The Morgan fingerprint density at radius 3 is 2.60 bits per heavy atom. The molecule has 1 aromatic carbocycles. The van der Waals surface area contributed by atoms with E-state index in [1.54, 1.807) is 7.11 Å². The first kappa shape index (κ1) is 12.3. The van der Waals surface area contributed by atoms with Crippen LogP contribution in [0.4, 0.5) is 0 Å². The van der Waals surface area contributed by atoms with Crippen LogP contribution in [0.2, 0.25) is 5.02 Å². The topological polar surface area (TPSA) is 21.3 Å². The summed E-state index contributed by atoms with van der Waals surface area (Å²) < 4.78 is 5.15. The second-order valence-electron chi connectivity index (χ2n) is 3.95. The van der Waals surface area contributed by atoms with Gasteiger partial charge in [-0.25, -0.2) is 0 Å². The van der Waals surface area contributed by atoms with E-state index in [9.17, 15) is 0 Å². The SMILES string of the molecule is COc1cc(C)c(CNC(C)C)cc1Cl. The van der Waals surface area contributed by atoms with E-state index in [2.05, 4.69) is 26.1 Å². The summed E-state index contributed by atoms with van der Waals surface area (Å²) in [4.78, 5) is 0. The summed E-state index contributed by atoms with van der Waals surface area (Å²) >= 11 is 6.06. The van der Waals surface area contributed by atoms with Crippen LogP contribution < -0.4 is 10.1 Å². The number of methoxy groups -OCH3 is 1. The summed E-state index contributed by atoms with van der Waals surface area (Å²) in [5, 5.41) is 4.04. The Hall–Kier alpha value is -0.730. The molecule has 1 aromatic rings. The van der Waals surface area contributed by atoms with Gasteiger partial charge in [-0.05, 0) is 30.2 Å². The molecule has 2 nitrogen and oxygen atoms in total. The van der Waals surface area contributed by atoms with Crippen LogP contribution in [0.1, 0.15) is 25.0 Å². The summed E-state index contributed by atoms with van der Waals surface area (Å²) in [6.45, 7) is 7.16. The monoisotopic (exact) mass is 227 g/mol. The Bertz CT molecular complexity index is 337. The van der Waals surface area contributed by atoms with Gasteiger partial charge in [-0.15, -0.1) is 0 Å². The molecule has 0 atom stereocenters. The highest BCUT2D eigenvalue weighted by molar-refractivity contribution is 6.32. The minimum absolute atomic E-state index is 0.477. The van der Waals surface area contributed by atoms with Crippen LogP contribution in [-0.2, 0) is 6.54 Å².